The van der Waals surface area contributed by atoms with Gasteiger partial charge in [0.15, 0.2) is 0 Å². The summed E-state index contributed by atoms with van der Waals surface area (Å²) in [6, 6.07) is 0. The van der Waals surface area contributed by atoms with E-state index in [4.69, 9.17) is 0 Å². The van der Waals surface area contributed by atoms with Gasteiger partial charge in [-0.2, -0.15) is 0 Å². The molecule has 0 aliphatic carbocycles. The van der Waals surface area contributed by atoms with Crippen LogP contribution in [0.2, 0.25) is 0 Å². The van der Waals surface area contributed by atoms with Crippen molar-refractivity contribution >= 4 is 0 Å². The highest BCUT2D eigenvalue weighted by molar-refractivity contribution is 4.80. The van der Waals surface area contributed by atoms with Gasteiger partial charge in [-0.15, -0.1) is 0 Å². The van der Waals surface area contributed by atoms with Crippen LogP contribution in [0.1, 0.15) is 113 Å². The zero-order chi connectivity index (χ0) is 18.4. The highest BCUT2D eigenvalue weighted by Gasteiger charge is 2.16. The number of hydrogen-bond donors (Lipinski definition) is 0. The smallest absolute Gasteiger partial charge is 0.0348 e. The van der Waals surface area contributed by atoms with Gasteiger partial charge < -0.3 is 0 Å². The van der Waals surface area contributed by atoms with E-state index < -0.39 is 0 Å². The summed E-state index contributed by atoms with van der Waals surface area (Å²) in [6.07, 6.45) is 18.3. The first-order valence-corrected chi connectivity index (χ1v) is 11.1. The van der Waals surface area contributed by atoms with E-state index in [0.29, 0.717) is 0 Å². The molecule has 24 heavy (non-hydrogen) atoms. The number of hydrogen-bond acceptors (Lipinski definition) is 0. The Hall–Kier alpha value is -0.260. The second kappa shape index (κ2) is 15.0. The second-order valence-electron chi connectivity index (χ2n) is 8.73. The Morgan fingerprint density at radius 2 is 1.21 bits per heavy atom. The molecule has 0 rings (SSSR count). The Morgan fingerprint density at radius 3 is 1.75 bits per heavy atom. The van der Waals surface area contributed by atoms with Gasteiger partial charge in [-0.3, -0.25) is 0 Å². The van der Waals surface area contributed by atoms with E-state index >= 15 is 0 Å². The van der Waals surface area contributed by atoms with Crippen molar-refractivity contribution in [1.29, 1.82) is 0 Å². The van der Waals surface area contributed by atoms with E-state index in [9.17, 15) is 0 Å². The maximum Gasteiger partial charge on any atom is -0.0348 e. The molecular weight excluding hydrogens is 288 g/mol. The van der Waals surface area contributed by atoms with Gasteiger partial charge in [0.25, 0.3) is 0 Å². The molecule has 0 aromatic heterocycles. The molecule has 0 aromatic carbocycles. The van der Waals surface area contributed by atoms with Crippen molar-refractivity contribution in [3.8, 4) is 0 Å². The first kappa shape index (κ1) is 23.7. The number of allylic oxidation sites excluding steroid dienone is 2. The lowest BCUT2D eigenvalue weighted by molar-refractivity contribution is 0.267. The molecule has 0 heteroatoms. The van der Waals surface area contributed by atoms with Gasteiger partial charge in [0.1, 0.15) is 0 Å². The molecule has 0 aliphatic rings. The minimum atomic E-state index is 0.883. The van der Waals surface area contributed by atoms with Gasteiger partial charge in [-0.05, 0) is 61.7 Å². The van der Waals surface area contributed by atoms with Crippen molar-refractivity contribution in [3.63, 3.8) is 0 Å². The largest absolute Gasteiger partial charge is 0.0888 e. The molecule has 0 heterocycles. The topological polar surface area (TPSA) is 0 Å². The van der Waals surface area contributed by atoms with E-state index in [1.54, 1.807) is 0 Å². The summed E-state index contributed by atoms with van der Waals surface area (Å²) in [5.41, 5.74) is 0. The second-order valence-corrected chi connectivity index (χ2v) is 8.73. The Balaban J connectivity index is 3.82. The SMILES string of the molecule is CCC=CCCC(C)CC(C)CCCC(C)CC(C)C(CC)CC. The average Bonchev–Trinajstić information content (AvgIpc) is 2.52. The van der Waals surface area contributed by atoms with Gasteiger partial charge in [-0.1, -0.05) is 92.7 Å². The van der Waals surface area contributed by atoms with Crippen LogP contribution in [0.15, 0.2) is 12.2 Å². The monoisotopic (exact) mass is 336 g/mol. The first-order valence-electron chi connectivity index (χ1n) is 11.1. The van der Waals surface area contributed by atoms with Gasteiger partial charge in [0, 0.05) is 0 Å². The molecule has 0 bridgehead atoms. The lowest BCUT2D eigenvalue weighted by Gasteiger charge is -2.25. The summed E-state index contributed by atoms with van der Waals surface area (Å²) in [6.45, 7) is 16.8. The quantitative estimate of drug-likeness (QED) is 0.262. The van der Waals surface area contributed by atoms with Crippen molar-refractivity contribution in [2.45, 2.75) is 113 Å². The van der Waals surface area contributed by atoms with E-state index in [2.05, 4.69) is 60.6 Å². The van der Waals surface area contributed by atoms with E-state index in [0.717, 1.165) is 29.6 Å². The fourth-order valence-electron chi connectivity index (χ4n) is 4.44. The minimum absolute atomic E-state index is 0.883. The summed E-state index contributed by atoms with van der Waals surface area (Å²) in [5, 5.41) is 0. The molecule has 0 saturated carbocycles. The third kappa shape index (κ3) is 12.2. The van der Waals surface area contributed by atoms with Crippen LogP contribution < -0.4 is 0 Å². The van der Waals surface area contributed by atoms with Crippen LogP contribution in [0.25, 0.3) is 0 Å². The van der Waals surface area contributed by atoms with Crippen LogP contribution in [-0.4, -0.2) is 0 Å². The van der Waals surface area contributed by atoms with Gasteiger partial charge in [0.05, 0.1) is 0 Å². The summed E-state index contributed by atoms with van der Waals surface area (Å²) in [4.78, 5) is 0. The van der Waals surface area contributed by atoms with Crippen LogP contribution in [0.5, 0.6) is 0 Å². The molecule has 0 saturated heterocycles. The predicted octanol–water partition coefficient (Wildman–Crippen LogP) is 8.66. The van der Waals surface area contributed by atoms with Gasteiger partial charge >= 0.3 is 0 Å². The molecule has 4 atom stereocenters. The highest BCUT2D eigenvalue weighted by Crippen LogP contribution is 2.28. The first-order chi connectivity index (χ1) is 11.4. The molecule has 0 nitrogen and oxygen atoms in total. The Labute approximate surface area is 154 Å². The van der Waals surface area contributed by atoms with E-state index in [-0.39, 0.29) is 0 Å². The summed E-state index contributed by atoms with van der Waals surface area (Å²) in [5.74, 6) is 4.54. The third-order valence-electron chi connectivity index (χ3n) is 6.05. The molecule has 144 valence electrons. The molecule has 0 aliphatic heterocycles. The summed E-state index contributed by atoms with van der Waals surface area (Å²) >= 11 is 0. The predicted molar refractivity (Wildman–Crippen MR) is 112 cm³/mol. The van der Waals surface area contributed by atoms with Crippen molar-refractivity contribution in [3.05, 3.63) is 12.2 Å². The maximum atomic E-state index is 2.48. The average molecular weight is 337 g/mol. The minimum Gasteiger partial charge on any atom is -0.0888 e. The summed E-state index contributed by atoms with van der Waals surface area (Å²) in [7, 11) is 0. The van der Waals surface area contributed by atoms with E-state index in [1.165, 1.54) is 64.2 Å². The number of rotatable bonds is 15. The zero-order valence-electron chi connectivity index (χ0n) is 18.1. The normalized spacial score (nSPS) is 17.3. The molecule has 0 radical (unpaired) electrons. The molecule has 0 amide bonds. The Bertz CT molecular complexity index is 286. The van der Waals surface area contributed by atoms with Crippen molar-refractivity contribution in [1.82, 2.24) is 0 Å². The van der Waals surface area contributed by atoms with Gasteiger partial charge in [0.2, 0.25) is 0 Å². The molecule has 0 N–H and O–H groups in total. The van der Waals surface area contributed by atoms with Crippen molar-refractivity contribution in [2.75, 3.05) is 0 Å². The Kier molecular flexibility index (Phi) is 14.9. The molecule has 0 spiro atoms. The van der Waals surface area contributed by atoms with Crippen LogP contribution in [0.3, 0.4) is 0 Å². The maximum absolute atomic E-state index is 2.48. The molecular formula is C24H48. The lowest BCUT2D eigenvalue weighted by atomic mass is 9.81. The van der Waals surface area contributed by atoms with Crippen LogP contribution in [-0.2, 0) is 0 Å². The highest BCUT2D eigenvalue weighted by atomic mass is 14.2. The Morgan fingerprint density at radius 1 is 0.667 bits per heavy atom. The fourth-order valence-corrected chi connectivity index (χ4v) is 4.44. The third-order valence-corrected chi connectivity index (χ3v) is 6.05. The van der Waals surface area contributed by atoms with Crippen LogP contribution in [0.4, 0.5) is 0 Å². The lowest BCUT2D eigenvalue weighted by Crippen LogP contribution is -2.13. The summed E-state index contributed by atoms with van der Waals surface area (Å²) < 4.78 is 0. The van der Waals surface area contributed by atoms with Crippen molar-refractivity contribution in [2.24, 2.45) is 29.6 Å². The standard InChI is InChI=1S/C24H48/c1-8-11-12-13-15-20(4)18-21(5)16-14-17-22(6)19-23(7)24(9-2)10-3/h11-12,20-24H,8-10,13-19H2,1-7H3. The zero-order valence-corrected chi connectivity index (χ0v) is 18.1. The van der Waals surface area contributed by atoms with Crippen LogP contribution >= 0.6 is 0 Å². The fraction of sp³-hybridized carbons (Fsp3) is 0.917. The van der Waals surface area contributed by atoms with Crippen molar-refractivity contribution < 1.29 is 0 Å². The van der Waals surface area contributed by atoms with Gasteiger partial charge in [-0.25, -0.2) is 0 Å². The molecule has 0 fully saturated rings. The molecule has 0 aromatic rings. The molecule has 4 unspecified atom stereocenters. The van der Waals surface area contributed by atoms with Crippen LogP contribution in [0, 0.1) is 29.6 Å². The van der Waals surface area contributed by atoms with E-state index in [1.807, 2.05) is 0 Å².